The van der Waals surface area contributed by atoms with Gasteiger partial charge in [-0.3, -0.25) is 14.5 Å². The van der Waals surface area contributed by atoms with Gasteiger partial charge in [0.25, 0.3) is 0 Å². The molecule has 2 amide bonds. The van der Waals surface area contributed by atoms with Gasteiger partial charge in [0.1, 0.15) is 0 Å². The average Bonchev–Trinajstić information content (AvgIpc) is 2.79. The van der Waals surface area contributed by atoms with Gasteiger partial charge in [0.05, 0.1) is 12.7 Å². The van der Waals surface area contributed by atoms with Crippen LogP contribution in [0.3, 0.4) is 0 Å². The van der Waals surface area contributed by atoms with Gasteiger partial charge in [-0.05, 0) is 61.7 Å². The molecule has 1 fully saturated rings. The number of nitrogens with one attached hydrogen (secondary N) is 2. The topological polar surface area (TPSA) is 87.7 Å². The average molecular weight is 409 g/mol. The van der Waals surface area contributed by atoms with Crippen LogP contribution >= 0.6 is 0 Å². The molecule has 2 aromatic carbocycles. The van der Waals surface area contributed by atoms with Gasteiger partial charge in [0.2, 0.25) is 0 Å². The SMILES string of the molecule is COC(=O)c1ccc(NC(=O)C(=O)NCC2CCN(Cc3ccccc3)CC2)cc1. The van der Waals surface area contributed by atoms with Gasteiger partial charge in [0.15, 0.2) is 0 Å². The molecule has 0 bridgehead atoms. The van der Waals surface area contributed by atoms with Crippen molar-refractivity contribution < 1.29 is 19.1 Å². The van der Waals surface area contributed by atoms with Crippen molar-refractivity contribution in [3.05, 3.63) is 65.7 Å². The van der Waals surface area contributed by atoms with Crippen LogP contribution in [0.2, 0.25) is 0 Å². The molecule has 2 N–H and O–H groups in total. The monoisotopic (exact) mass is 409 g/mol. The highest BCUT2D eigenvalue weighted by Gasteiger charge is 2.21. The second-order valence-electron chi connectivity index (χ2n) is 7.44. The second-order valence-corrected chi connectivity index (χ2v) is 7.44. The summed E-state index contributed by atoms with van der Waals surface area (Å²) >= 11 is 0. The first-order chi connectivity index (χ1) is 14.5. The zero-order valence-electron chi connectivity index (χ0n) is 17.1. The van der Waals surface area contributed by atoms with Crippen LogP contribution in [0.25, 0.3) is 0 Å². The number of likely N-dealkylation sites (tertiary alicyclic amines) is 1. The van der Waals surface area contributed by atoms with Gasteiger partial charge in [-0.1, -0.05) is 30.3 Å². The normalized spacial score (nSPS) is 14.7. The molecule has 0 atom stereocenters. The molecule has 0 radical (unpaired) electrons. The lowest BCUT2D eigenvalue weighted by atomic mass is 9.96. The smallest absolute Gasteiger partial charge is 0.337 e. The fourth-order valence-electron chi connectivity index (χ4n) is 3.50. The minimum absolute atomic E-state index is 0.369. The number of methoxy groups -OCH3 is 1. The second kappa shape index (κ2) is 10.5. The van der Waals surface area contributed by atoms with Gasteiger partial charge in [-0.2, -0.15) is 0 Å². The van der Waals surface area contributed by atoms with E-state index in [2.05, 4.69) is 44.5 Å². The Kier molecular flexibility index (Phi) is 7.57. The van der Waals surface area contributed by atoms with Crippen molar-refractivity contribution in [1.29, 1.82) is 0 Å². The highest BCUT2D eigenvalue weighted by Crippen LogP contribution is 2.18. The number of carbonyl (C=O) groups excluding carboxylic acids is 3. The van der Waals surface area contributed by atoms with Crippen LogP contribution < -0.4 is 10.6 Å². The predicted octanol–water partition coefficient (Wildman–Crippen LogP) is 2.44. The van der Waals surface area contributed by atoms with E-state index in [9.17, 15) is 14.4 Å². The molecule has 1 aliphatic rings. The van der Waals surface area contributed by atoms with E-state index < -0.39 is 17.8 Å². The van der Waals surface area contributed by atoms with Crippen molar-refractivity contribution in [2.75, 3.05) is 32.1 Å². The maximum Gasteiger partial charge on any atom is 0.337 e. The lowest BCUT2D eigenvalue weighted by Gasteiger charge is -2.32. The third kappa shape index (κ3) is 6.15. The molecule has 7 heteroatoms. The molecular formula is C23H27N3O4. The van der Waals surface area contributed by atoms with Crippen LogP contribution in [0.5, 0.6) is 0 Å². The number of esters is 1. The highest BCUT2D eigenvalue weighted by atomic mass is 16.5. The Labute approximate surface area is 176 Å². The summed E-state index contributed by atoms with van der Waals surface area (Å²) in [4.78, 5) is 38.0. The number of benzene rings is 2. The summed E-state index contributed by atoms with van der Waals surface area (Å²) in [5.74, 6) is -1.46. The molecule has 0 aliphatic carbocycles. The molecule has 1 aliphatic heterocycles. The first kappa shape index (κ1) is 21.5. The lowest BCUT2D eigenvalue weighted by molar-refractivity contribution is -0.136. The Morgan fingerprint density at radius 1 is 0.967 bits per heavy atom. The maximum absolute atomic E-state index is 12.1. The van der Waals surface area contributed by atoms with Crippen molar-refractivity contribution >= 4 is 23.5 Å². The van der Waals surface area contributed by atoms with E-state index in [1.807, 2.05) is 6.07 Å². The first-order valence-corrected chi connectivity index (χ1v) is 10.1. The molecule has 0 saturated carbocycles. The summed E-state index contributed by atoms with van der Waals surface area (Å²) in [6, 6.07) is 16.6. The Bertz CT molecular complexity index is 860. The number of hydrogen-bond acceptors (Lipinski definition) is 5. The van der Waals surface area contributed by atoms with Gasteiger partial charge in [0, 0.05) is 18.8 Å². The van der Waals surface area contributed by atoms with Gasteiger partial charge in [-0.25, -0.2) is 4.79 Å². The Morgan fingerprint density at radius 2 is 1.63 bits per heavy atom. The summed E-state index contributed by atoms with van der Waals surface area (Å²) in [5.41, 5.74) is 2.12. The predicted molar refractivity (Wildman–Crippen MR) is 114 cm³/mol. The van der Waals surface area contributed by atoms with Crippen LogP contribution in [0.4, 0.5) is 5.69 Å². The summed E-state index contributed by atoms with van der Waals surface area (Å²) in [7, 11) is 1.30. The quantitative estimate of drug-likeness (QED) is 0.565. The summed E-state index contributed by atoms with van der Waals surface area (Å²) < 4.78 is 4.63. The number of nitrogens with zero attached hydrogens (tertiary/aromatic N) is 1. The molecule has 0 unspecified atom stereocenters. The minimum atomic E-state index is -0.720. The molecule has 1 saturated heterocycles. The molecule has 30 heavy (non-hydrogen) atoms. The van der Waals surface area contributed by atoms with Crippen molar-refractivity contribution in [3.63, 3.8) is 0 Å². The number of rotatable bonds is 6. The zero-order chi connectivity index (χ0) is 21.3. The fraction of sp³-hybridized carbons (Fsp3) is 0.348. The number of ether oxygens (including phenoxy) is 1. The van der Waals surface area contributed by atoms with E-state index in [1.54, 1.807) is 12.1 Å². The number of amides is 2. The minimum Gasteiger partial charge on any atom is -0.465 e. The van der Waals surface area contributed by atoms with E-state index in [0.717, 1.165) is 32.5 Å². The number of carbonyl (C=O) groups is 3. The summed E-state index contributed by atoms with van der Waals surface area (Å²) in [6.45, 7) is 3.39. The fourth-order valence-corrected chi connectivity index (χ4v) is 3.50. The number of anilines is 1. The first-order valence-electron chi connectivity index (χ1n) is 10.1. The van der Waals surface area contributed by atoms with Crippen molar-refractivity contribution in [2.24, 2.45) is 5.92 Å². The third-order valence-corrected chi connectivity index (χ3v) is 5.28. The Balaban J connectivity index is 1.38. The lowest BCUT2D eigenvalue weighted by Crippen LogP contribution is -2.41. The van der Waals surface area contributed by atoms with Crippen LogP contribution in [0.1, 0.15) is 28.8 Å². The van der Waals surface area contributed by atoms with Crippen LogP contribution in [0.15, 0.2) is 54.6 Å². The van der Waals surface area contributed by atoms with E-state index >= 15 is 0 Å². The molecule has 0 spiro atoms. The molecule has 158 valence electrons. The number of piperidine rings is 1. The van der Waals surface area contributed by atoms with Gasteiger partial charge >= 0.3 is 17.8 Å². The molecule has 0 aromatic heterocycles. The van der Waals surface area contributed by atoms with Crippen LogP contribution in [0, 0.1) is 5.92 Å². The van der Waals surface area contributed by atoms with Gasteiger partial charge in [-0.15, -0.1) is 0 Å². The van der Waals surface area contributed by atoms with E-state index in [0.29, 0.717) is 23.7 Å². The standard InChI is InChI=1S/C23H27N3O4/c1-30-23(29)19-7-9-20(10-8-19)25-22(28)21(27)24-15-17-11-13-26(14-12-17)16-18-5-3-2-4-6-18/h2-10,17H,11-16H2,1H3,(H,24,27)(H,25,28). The van der Waals surface area contributed by atoms with E-state index in [4.69, 9.17) is 0 Å². The van der Waals surface area contributed by atoms with E-state index in [-0.39, 0.29) is 0 Å². The Morgan fingerprint density at radius 3 is 2.27 bits per heavy atom. The molecule has 7 nitrogen and oxygen atoms in total. The van der Waals surface area contributed by atoms with Crippen molar-refractivity contribution in [1.82, 2.24) is 10.2 Å². The van der Waals surface area contributed by atoms with Crippen LogP contribution in [-0.2, 0) is 20.9 Å². The molecule has 1 heterocycles. The van der Waals surface area contributed by atoms with E-state index in [1.165, 1.54) is 24.8 Å². The Hall–Kier alpha value is -3.19. The number of hydrogen-bond donors (Lipinski definition) is 2. The maximum atomic E-state index is 12.1. The van der Waals surface area contributed by atoms with Gasteiger partial charge < -0.3 is 15.4 Å². The summed E-state index contributed by atoms with van der Waals surface area (Å²) in [6.07, 6.45) is 1.98. The third-order valence-electron chi connectivity index (χ3n) is 5.28. The highest BCUT2D eigenvalue weighted by molar-refractivity contribution is 6.39. The molecule has 2 aromatic rings. The van der Waals surface area contributed by atoms with Crippen molar-refractivity contribution in [2.45, 2.75) is 19.4 Å². The molecular weight excluding hydrogens is 382 g/mol. The van der Waals surface area contributed by atoms with Crippen molar-refractivity contribution in [3.8, 4) is 0 Å². The summed E-state index contributed by atoms with van der Waals surface area (Å²) in [5, 5.41) is 5.27. The zero-order valence-corrected chi connectivity index (χ0v) is 17.1. The molecule has 3 rings (SSSR count). The largest absolute Gasteiger partial charge is 0.465 e. The van der Waals surface area contributed by atoms with Crippen LogP contribution in [-0.4, -0.2) is 49.4 Å².